The summed E-state index contributed by atoms with van der Waals surface area (Å²) in [6, 6.07) is 0. The molecule has 1 heterocycles. The molecule has 0 unspecified atom stereocenters. The molecule has 1 saturated heterocycles. The van der Waals surface area contributed by atoms with Crippen molar-refractivity contribution in [2.24, 2.45) is 5.92 Å². The molecule has 1 aliphatic carbocycles. The van der Waals surface area contributed by atoms with Crippen LogP contribution >= 0.6 is 0 Å². The topological polar surface area (TPSA) is 99.1 Å². The van der Waals surface area contributed by atoms with Crippen molar-refractivity contribution in [3.8, 4) is 0 Å². The lowest BCUT2D eigenvalue weighted by Gasteiger charge is -2.32. The molecule has 0 bridgehead atoms. The first kappa shape index (κ1) is 22.6. The average Bonchev–Trinajstić information content (AvgIpc) is 2.93. The summed E-state index contributed by atoms with van der Waals surface area (Å²) in [7, 11) is 0. The minimum Gasteiger partial charge on any atom is -0.458 e. The second-order valence-electron chi connectivity index (χ2n) is 7.40. The van der Waals surface area contributed by atoms with E-state index in [2.05, 4.69) is 6.58 Å². The van der Waals surface area contributed by atoms with Gasteiger partial charge in [0.15, 0.2) is 0 Å². The number of fused-ring (bicyclic) bond motifs is 1. The number of hydrogen-bond donors (Lipinski definition) is 1. The molecule has 0 aromatic rings. The van der Waals surface area contributed by atoms with Crippen LogP contribution in [-0.2, 0) is 28.6 Å². The largest absolute Gasteiger partial charge is 0.458 e. The molecule has 2 aliphatic rings. The zero-order chi connectivity index (χ0) is 21.9. The summed E-state index contributed by atoms with van der Waals surface area (Å²) in [6.45, 7) is 11.9. The van der Waals surface area contributed by atoms with E-state index in [1.54, 1.807) is 45.9 Å². The lowest BCUT2D eigenvalue weighted by molar-refractivity contribution is -0.153. The van der Waals surface area contributed by atoms with Crippen molar-refractivity contribution < 1.29 is 33.7 Å². The summed E-state index contributed by atoms with van der Waals surface area (Å²) < 4.78 is 16.4. The van der Waals surface area contributed by atoms with Gasteiger partial charge < -0.3 is 19.3 Å². The fourth-order valence-electron chi connectivity index (χ4n) is 3.36. The molecule has 1 aliphatic heterocycles. The predicted octanol–water partition coefficient (Wildman–Crippen LogP) is 2.55. The highest BCUT2D eigenvalue weighted by molar-refractivity contribution is 5.92. The van der Waals surface area contributed by atoms with Gasteiger partial charge in [-0.1, -0.05) is 18.7 Å². The van der Waals surface area contributed by atoms with Crippen LogP contribution in [-0.4, -0.2) is 47.4 Å². The third-order valence-corrected chi connectivity index (χ3v) is 5.29. The van der Waals surface area contributed by atoms with Crippen LogP contribution < -0.4 is 0 Å². The number of ether oxygens (including phenoxy) is 3. The van der Waals surface area contributed by atoms with Crippen LogP contribution in [0, 0.1) is 5.92 Å². The summed E-state index contributed by atoms with van der Waals surface area (Å²) in [5, 5.41) is 10.9. The van der Waals surface area contributed by atoms with Gasteiger partial charge in [-0.3, -0.25) is 4.79 Å². The molecule has 0 radical (unpaired) electrons. The van der Waals surface area contributed by atoms with Crippen molar-refractivity contribution >= 4 is 17.9 Å². The van der Waals surface area contributed by atoms with Gasteiger partial charge in [-0.2, -0.15) is 0 Å². The van der Waals surface area contributed by atoms with Gasteiger partial charge in [0.05, 0.1) is 5.92 Å². The van der Waals surface area contributed by atoms with Crippen molar-refractivity contribution in [1.82, 2.24) is 0 Å². The van der Waals surface area contributed by atoms with E-state index in [-0.39, 0.29) is 5.57 Å². The third kappa shape index (κ3) is 5.03. The van der Waals surface area contributed by atoms with Crippen molar-refractivity contribution in [1.29, 1.82) is 0 Å². The van der Waals surface area contributed by atoms with Crippen molar-refractivity contribution in [2.45, 2.75) is 65.5 Å². The Morgan fingerprint density at radius 1 is 1.24 bits per heavy atom. The summed E-state index contributed by atoms with van der Waals surface area (Å²) in [6.07, 6.45) is 1.71. The van der Waals surface area contributed by atoms with E-state index >= 15 is 0 Å². The molecule has 1 fully saturated rings. The van der Waals surface area contributed by atoms with E-state index < -0.39 is 48.2 Å². The second kappa shape index (κ2) is 9.22. The van der Waals surface area contributed by atoms with Crippen molar-refractivity contribution in [2.75, 3.05) is 0 Å². The molecule has 2 rings (SSSR count). The average molecular weight is 404 g/mol. The Bertz CT molecular complexity index is 802. The molecule has 0 amide bonds. The molecular formula is C22H28O7. The lowest BCUT2D eigenvalue weighted by Crippen LogP contribution is -2.43. The standard InChI is InChI=1S/C22H28O7/c1-7-11(2)21(25)29-20-18-14(5)22(26)28-17(18)10-13(4)16(27-15(6)23)9-8-12(3)19(20)24/h7-8,10,16-20,24H,5,9H2,1-4,6H3/b11-7+,12-8+,13-10+/t16-,17+,18+,19+,20-/m0/s1. The maximum atomic E-state index is 12.4. The van der Waals surface area contributed by atoms with E-state index in [0.717, 1.165) is 0 Å². The van der Waals surface area contributed by atoms with Gasteiger partial charge in [0.1, 0.15) is 24.4 Å². The van der Waals surface area contributed by atoms with Gasteiger partial charge in [-0.25, -0.2) is 9.59 Å². The minimum atomic E-state index is -1.19. The highest BCUT2D eigenvalue weighted by Gasteiger charge is 2.47. The van der Waals surface area contributed by atoms with Crippen LogP contribution in [0.4, 0.5) is 0 Å². The van der Waals surface area contributed by atoms with Gasteiger partial charge in [0.2, 0.25) is 0 Å². The maximum absolute atomic E-state index is 12.4. The summed E-state index contributed by atoms with van der Waals surface area (Å²) in [4.78, 5) is 36.1. The molecule has 7 nitrogen and oxygen atoms in total. The molecule has 1 N–H and O–H groups in total. The highest BCUT2D eigenvalue weighted by Crippen LogP contribution is 2.37. The second-order valence-corrected chi connectivity index (χ2v) is 7.40. The Kier molecular flexibility index (Phi) is 7.19. The molecule has 0 aromatic carbocycles. The number of aliphatic hydroxyl groups excluding tert-OH is 1. The first-order valence-electron chi connectivity index (χ1n) is 9.50. The first-order valence-corrected chi connectivity index (χ1v) is 9.50. The SMILES string of the molecule is C=C1C(=O)O[C@@H]2/C=C(\C)[C@@H](OC(C)=O)C/C=C(\C)[C@@H](O)[C@@H](OC(=O)/C(C)=C/C)[C@H]12. The zero-order valence-corrected chi connectivity index (χ0v) is 17.4. The number of aliphatic hydroxyl groups is 1. The van der Waals surface area contributed by atoms with Crippen LogP contribution in [0.1, 0.15) is 41.0 Å². The van der Waals surface area contributed by atoms with Gasteiger partial charge >= 0.3 is 17.9 Å². The van der Waals surface area contributed by atoms with Gasteiger partial charge in [0, 0.05) is 24.5 Å². The van der Waals surface area contributed by atoms with Crippen LogP contribution in [0.25, 0.3) is 0 Å². The molecule has 0 saturated carbocycles. The minimum absolute atomic E-state index is 0.117. The van der Waals surface area contributed by atoms with E-state index in [1.165, 1.54) is 6.92 Å². The van der Waals surface area contributed by atoms with Crippen LogP contribution in [0.3, 0.4) is 0 Å². The number of hydrogen-bond acceptors (Lipinski definition) is 7. The summed E-state index contributed by atoms with van der Waals surface area (Å²) >= 11 is 0. The van der Waals surface area contributed by atoms with E-state index in [4.69, 9.17) is 14.2 Å². The van der Waals surface area contributed by atoms with E-state index in [1.807, 2.05) is 0 Å². The van der Waals surface area contributed by atoms with E-state index in [0.29, 0.717) is 23.1 Å². The molecule has 0 spiro atoms. The van der Waals surface area contributed by atoms with Crippen LogP contribution in [0.2, 0.25) is 0 Å². The third-order valence-electron chi connectivity index (χ3n) is 5.29. The van der Waals surface area contributed by atoms with Gasteiger partial charge in [-0.15, -0.1) is 0 Å². The quantitative estimate of drug-likeness (QED) is 0.334. The molecule has 158 valence electrons. The van der Waals surface area contributed by atoms with Gasteiger partial charge in [0.25, 0.3) is 0 Å². The summed E-state index contributed by atoms with van der Waals surface area (Å²) in [5.41, 5.74) is 1.71. The summed E-state index contributed by atoms with van der Waals surface area (Å²) in [5.74, 6) is -2.43. The Hall–Kier alpha value is -2.67. The van der Waals surface area contributed by atoms with Crippen molar-refractivity contribution in [3.63, 3.8) is 0 Å². The Labute approximate surface area is 170 Å². The molecular weight excluding hydrogens is 376 g/mol. The van der Waals surface area contributed by atoms with Crippen molar-refractivity contribution in [3.05, 3.63) is 47.1 Å². The number of carbonyl (C=O) groups excluding carboxylic acids is 3. The predicted molar refractivity (Wildman–Crippen MR) is 106 cm³/mol. The van der Waals surface area contributed by atoms with Gasteiger partial charge in [-0.05, 0) is 44.9 Å². The number of esters is 3. The van der Waals surface area contributed by atoms with E-state index in [9.17, 15) is 19.5 Å². The molecule has 0 aromatic heterocycles. The Morgan fingerprint density at radius 2 is 1.90 bits per heavy atom. The smallest absolute Gasteiger partial charge is 0.334 e. The number of allylic oxidation sites excluding steroid dienone is 1. The fraction of sp³-hybridized carbons (Fsp3) is 0.500. The number of carbonyl (C=O) groups is 3. The van der Waals surface area contributed by atoms with Crippen LogP contribution in [0.15, 0.2) is 47.1 Å². The number of rotatable bonds is 3. The Balaban J connectivity index is 2.52. The monoisotopic (exact) mass is 404 g/mol. The molecule has 7 heteroatoms. The lowest BCUT2D eigenvalue weighted by atomic mass is 9.83. The maximum Gasteiger partial charge on any atom is 0.334 e. The zero-order valence-electron chi connectivity index (χ0n) is 17.4. The Morgan fingerprint density at radius 3 is 2.48 bits per heavy atom. The van der Waals surface area contributed by atoms with Crippen LogP contribution in [0.5, 0.6) is 0 Å². The normalized spacial score (nSPS) is 34.1. The molecule has 5 atom stereocenters. The molecule has 29 heavy (non-hydrogen) atoms. The first-order chi connectivity index (χ1) is 13.6. The highest BCUT2D eigenvalue weighted by atomic mass is 16.6. The fourth-order valence-corrected chi connectivity index (χ4v) is 3.36.